The molecule has 1 fully saturated rings. The minimum absolute atomic E-state index is 0.0152. The number of carbonyl (C=O) groups excluding carboxylic acids is 1. The highest BCUT2D eigenvalue weighted by Crippen LogP contribution is 2.18. The smallest absolute Gasteiger partial charge is 0.225 e. The first-order chi connectivity index (χ1) is 7.00. The first-order valence-corrected chi connectivity index (χ1v) is 5.60. The Morgan fingerprint density at radius 2 is 2.40 bits per heavy atom. The van der Waals surface area contributed by atoms with Crippen LogP contribution in [-0.4, -0.2) is 30.2 Å². The van der Waals surface area contributed by atoms with E-state index in [9.17, 15) is 4.79 Å². The zero-order valence-electron chi connectivity index (χ0n) is 9.16. The topological polar surface area (TPSA) is 64.4 Å². The summed E-state index contributed by atoms with van der Waals surface area (Å²) >= 11 is 4.83. The predicted molar refractivity (Wildman–Crippen MR) is 62.5 cm³/mol. The number of amides is 1. The average Bonchev–Trinajstić information content (AvgIpc) is 2.60. The molecule has 1 heterocycles. The zero-order chi connectivity index (χ0) is 11.4. The third kappa shape index (κ3) is 3.76. The highest BCUT2D eigenvalue weighted by atomic mass is 32.1. The van der Waals surface area contributed by atoms with Gasteiger partial charge in [0.25, 0.3) is 0 Å². The Morgan fingerprint density at radius 3 is 2.87 bits per heavy atom. The van der Waals surface area contributed by atoms with Crippen molar-refractivity contribution in [3.8, 4) is 0 Å². The number of hydrogen-bond donors (Lipinski definition) is 2. The fraction of sp³-hybridized carbons (Fsp3) is 0.800. The van der Waals surface area contributed by atoms with Crippen LogP contribution in [0.1, 0.15) is 20.3 Å². The second kappa shape index (κ2) is 5.42. The highest BCUT2D eigenvalue weighted by Gasteiger charge is 2.28. The second-order valence-corrected chi connectivity index (χ2v) is 4.60. The molecule has 1 rings (SSSR count). The lowest BCUT2D eigenvalue weighted by molar-refractivity contribution is -0.125. The van der Waals surface area contributed by atoms with Crippen LogP contribution >= 0.6 is 12.2 Å². The van der Waals surface area contributed by atoms with Crippen molar-refractivity contribution in [1.29, 1.82) is 0 Å². The molecule has 0 saturated carbocycles. The maximum atomic E-state index is 11.6. The zero-order valence-corrected chi connectivity index (χ0v) is 9.97. The van der Waals surface area contributed by atoms with Gasteiger partial charge in [0.05, 0.1) is 23.6 Å². The molecule has 1 aliphatic rings. The van der Waals surface area contributed by atoms with Crippen molar-refractivity contribution in [3.63, 3.8) is 0 Å². The van der Waals surface area contributed by atoms with Crippen LogP contribution in [0.2, 0.25) is 0 Å². The van der Waals surface area contributed by atoms with Gasteiger partial charge in [-0.25, -0.2) is 0 Å². The van der Waals surface area contributed by atoms with Gasteiger partial charge >= 0.3 is 0 Å². The standard InChI is InChI=1S/C10H18N2O2S/c1-6(9(11)15)4-12-10(13)8-3-7(2)14-5-8/h6-8H,3-5H2,1-2H3,(H2,11,15)(H,12,13). The number of nitrogens with one attached hydrogen (secondary N) is 1. The van der Waals surface area contributed by atoms with Gasteiger partial charge in [0, 0.05) is 12.5 Å². The van der Waals surface area contributed by atoms with Gasteiger partial charge in [-0.3, -0.25) is 4.79 Å². The monoisotopic (exact) mass is 230 g/mol. The molecule has 0 spiro atoms. The maximum Gasteiger partial charge on any atom is 0.225 e. The Balaban J connectivity index is 2.27. The van der Waals surface area contributed by atoms with Crippen molar-refractivity contribution >= 4 is 23.1 Å². The number of rotatable bonds is 4. The van der Waals surface area contributed by atoms with Crippen LogP contribution < -0.4 is 11.1 Å². The number of thiocarbonyl (C=S) groups is 1. The molecule has 0 bridgehead atoms. The minimum atomic E-state index is -0.0152. The largest absolute Gasteiger partial charge is 0.393 e. The van der Waals surface area contributed by atoms with Gasteiger partial charge in [0.2, 0.25) is 5.91 Å². The molecule has 0 aromatic carbocycles. The molecule has 4 nitrogen and oxygen atoms in total. The summed E-state index contributed by atoms with van der Waals surface area (Å²) < 4.78 is 5.33. The molecule has 86 valence electrons. The molecular weight excluding hydrogens is 212 g/mol. The predicted octanol–water partition coefficient (Wildman–Crippen LogP) is 0.450. The van der Waals surface area contributed by atoms with Crippen LogP contribution in [0.5, 0.6) is 0 Å². The van der Waals surface area contributed by atoms with Gasteiger partial charge in [0.15, 0.2) is 0 Å². The molecule has 3 atom stereocenters. The quantitative estimate of drug-likeness (QED) is 0.688. The first-order valence-electron chi connectivity index (χ1n) is 5.19. The number of nitrogens with two attached hydrogens (primary N) is 1. The van der Waals surface area contributed by atoms with Crippen molar-refractivity contribution in [2.75, 3.05) is 13.2 Å². The molecule has 3 N–H and O–H groups in total. The number of hydrogen-bond acceptors (Lipinski definition) is 3. The Labute approximate surface area is 95.5 Å². The molecule has 3 unspecified atom stereocenters. The molecular formula is C10H18N2O2S. The van der Waals surface area contributed by atoms with Gasteiger partial charge in [0.1, 0.15) is 0 Å². The van der Waals surface area contributed by atoms with Gasteiger partial charge in [-0.2, -0.15) is 0 Å². The number of ether oxygens (including phenoxy) is 1. The van der Waals surface area contributed by atoms with Crippen LogP contribution in [0.25, 0.3) is 0 Å². The van der Waals surface area contributed by atoms with Crippen LogP contribution in [0.15, 0.2) is 0 Å². The normalized spacial score (nSPS) is 27.3. The van der Waals surface area contributed by atoms with Crippen molar-refractivity contribution < 1.29 is 9.53 Å². The van der Waals surface area contributed by atoms with Crippen LogP contribution in [0.3, 0.4) is 0 Å². The summed E-state index contributed by atoms with van der Waals surface area (Å²) in [6.45, 7) is 4.91. The fourth-order valence-corrected chi connectivity index (χ4v) is 1.58. The molecule has 1 saturated heterocycles. The summed E-state index contributed by atoms with van der Waals surface area (Å²) in [6, 6.07) is 0. The lowest BCUT2D eigenvalue weighted by Gasteiger charge is -2.13. The SMILES string of the molecule is CC1CC(C(=O)NCC(C)C(N)=S)CO1. The Bertz CT molecular complexity index is 258. The molecule has 0 aliphatic carbocycles. The Morgan fingerprint density at radius 1 is 1.73 bits per heavy atom. The van der Waals surface area contributed by atoms with Gasteiger partial charge < -0.3 is 15.8 Å². The van der Waals surface area contributed by atoms with Crippen LogP contribution in [0.4, 0.5) is 0 Å². The third-order valence-electron chi connectivity index (χ3n) is 2.64. The van der Waals surface area contributed by atoms with Crippen LogP contribution in [0, 0.1) is 11.8 Å². The molecule has 1 amide bonds. The highest BCUT2D eigenvalue weighted by molar-refractivity contribution is 7.80. The summed E-state index contributed by atoms with van der Waals surface area (Å²) in [6.07, 6.45) is 0.988. The summed E-state index contributed by atoms with van der Waals surface area (Å²) in [5.41, 5.74) is 5.45. The summed E-state index contributed by atoms with van der Waals surface area (Å²) in [7, 11) is 0. The fourth-order valence-electron chi connectivity index (χ4n) is 1.50. The lowest BCUT2D eigenvalue weighted by Crippen LogP contribution is -2.37. The Hall–Kier alpha value is -0.680. The summed E-state index contributed by atoms with van der Waals surface area (Å²) in [4.78, 5) is 12.1. The molecule has 5 heteroatoms. The third-order valence-corrected chi connectivity index (χ3v) is 3.04. The van der Waals surface area contributed by atoms with Gasteiger partial charge in [-0.1, -0.05) is 19.1 Å². The van der Waals surface area contributed by atoms with Gasteiger partial charge in [-0.05, 0) is 13.3 Å². The molecule has 0 radical (unpaired) electrons. The van der Waals surface area contributed by atoms with E-state index in [1.54, 1.807) is 0 Å². The van der Waals surface area contributed by atoms with Gasteiger partial charge in [-0.15, -0.1) is 0 Å². The van der Waals surface area contributed by atoms with Crippen molar-refractivity contribution in [2.24, 2.45) is 17.6 Å². The maximum absolute atomic E-state index is 11.6. The molecule has 0 aromatic rings. The molecule has 0 aromatic heterocycles. The molecule has 1 aliphatic heterocycles. The summed E-state index contributed by atoms with van der Waals surface area (Å²) in [5.74, 6) is 0.0738. The lowest BCUT2D eigenvalue weighted by atomic mass is 10.1. The van der Waals surface area contributed by atoms with Crippen LogP contribution in [-0.2, 0) is 9.53 Å². The van der Waals surface area contributed by atoms with E-state index in [0.717, 1.165) is 6.42 Å². The van der Waals surface area contributed by atoms with E-state index in [2.05, 4.69) is 5.32 Å². The van der Waals surface area contributed by atoms with E-state index in [1.165, 1.54) is 0 Å². The molecule has 15 heavy (non-hydrogen) atoms. The van der Waals surface area contributed by atoms with Crippen molar-refractivity contribution in [3.05, 3.63) is 0 Å². The second-order valence-electron chi connectivity index (χ2n) is 4.13. The van der Waals surface area contributed by atoms with Crippen molar-refractivity contribution in [1.82, 2.24) is 5.32 Å². The Kier molecular flexibility index (Phi) is 4.47. The van der Waals surface area contributed by atoms with Crippen molar-refractivity contribution in [2.45, 2.75) is 26.4 Å². The average molecular weight is 230 g/mol. The van der Waals surface area contributed by atoms with E-state index in [4.69, 9.17) is 22.7 Å². The van der Waals surface area contributed by atoms with E-state index >= 15 is 0 Å². The number of carbonyl (C=O) groups is 1. The summed E-state index contributed by atoms with van der Waals surface area (Å²) in [5, 5.41) is 2.84. The van der Waals surface area contributed by atoms with E-state index in [0.29, 0.717) is 18.1 Å². The minimum Gasteiger partial charge on any atom is -0.393 e. The first kappa shape index (κ1) is 12.4. The van der Waals surface area contributed by atoms with E-state index in [1.807, 2.05) is 13.8 Å². The van der Waals surface area contributed by atoms with E-state index in [-0.39, 0.29) is 23.8 Å². The van der Waals surface area contributed by atoms with E-state index < -0.39 is 0 Å².